The normalized spacial score (nSPS) is 11.9. The van der Waals surface area contributed by atoms with E-state index < -0.39 is 50.2 Å². The molecule has 0 aromatic rings. The van der Waals surface area contributed by atoms with Gasteiger partial charge in [0.2, 0.25) is 29.3 Å². The molecule has 23 heavy (non-hydrogen) atoms. The number of halogens is 4. The average molecular weight is 491 g/mol. The van der Waals surface area contributed by atoms with Crippen LogP contribution in [0.1, 0.15) is 0 Å². The average Bonchev–Trinajstić information content (AvgIpc) is 1.83. The third-order valence-corrected chi connectivity index (χ3v) is 2.26. The van der Waals surface area contributed by atoms with Gasteiger partial charge < -0.3 is 0 Å². The molecule has 0 aliphatic rings. The summed E-state index contributed by atoms with van der Waals surface area (Å²) in [5.74, 6) is 0. The first-order chi connectivity index (χ1) is 9.44. The maximum absolute atomic E-state index is 11.4. The monoisotopic (exact) mass is 490 g/mol. The Morgan fingerprint density at radius 1 is 0.957 bits per heavy atom. The van der Waals surface area contributed by atoms with E-state index in [1.54, 1.807) is 0 Å². The zero-order valence-electron chi connectivity index (χ0n) is 10.8. The van der Waals surface area contributed by atoms with Gasteiger partial charge >= 0.3 is 20.9 Å². The highest BCUT2D eigenvalue weighted by molar-refractivity contribution is 8.26. The summed E-state index contributed by atoms with van der Waals surface area (Å²) in [4.78, 5) is 0. The first kappa shape index (κ1) is 31.1. The van der Waals surface area contributed by atoms with Gasteiger partial charge in [-0.05, 0) is 0 Å². The van der Waals surface area contributed by atoms with Gasteiger partial charge in [0.25, 0.3) is 0 Å². The van der Waals surface area contributed by atoms with Crippen LogP contribution in [0.3, 0.4) is 0 Å². The van der Waals surface area contributed by atoms with E-state index >= 15 is 0 Å². The van der Waals surface area contributed by atoms with Crippen molar-refractivity contribution in [2.24, 2.45) is 5.14 Å². The predicted molar refractivity (Wildman–Crippen MR) is 79.5 cm³/mol. The van der Waals surface area contributed by atoms with E-state index in [4.69, 9.17) is 17.2 Å². The van der Waals surface area contributed by atoms with Crippen molar-refractivity contribution in [3.05, 3.63) is 0 Å². The second-order valence-corrected chi connectivity index (χ2v) is 10.8. The molecule has 0 fully saturated rings. The van der Waals surface area contributed by atoms with Gasteiger partial charge in [-0.2, -0.15) is 16.8 Å². The van der Waals surface area contributed by atoms with Crippen molar-refractivity contribution in [2.45, 2.75) is 0 Å². The Hall–Kier alpha value is 0.270. The number of nitrogens with two attached hydrogens (primary N) is 1. The highest BCUT2D eigenvalue weighted by atomic mass is 36.0. The lowest BCUT2D eigenvalue weighted by Gasteiger charge is -1.91. The third-order valence-electron chi connectivity index (χ3n) is 0.251. The van der Waals surface area contributed by atoms with Crippen LogP contribution in [0.15, 0.2) is 0 Å². The molecule has 0 saturated carbocycles. The lowest BCUT2D eigenvalue weighted by Crippen LogP contribution is -2.25. The van der Waals surface area contributed by atoms with Gasteiger partial charge in [0, 0.05) is 21.4 Å². The summed E-state index contributed by atoms with van der Waals surface area (Å²) in [6.07, 6.45) is 1.47. The molecule has 12 nitrogen and oxygen atoms in total. The maximum atomic E-state index is 11.4. The van der Waals surface area contributed by atoms with Gasteiger partial charge in [0.1, 0.15) is 0 Å². The van der Waals surface area contributed by atoms with Crippen molar-refractivity contribution in [1.29, 1.82) is 0 Å². The largest absolute Gasteiger partial charge is 0.435 e. The van der Waals surface area contributed by atoms with Crippen molar-refractivity contribution in [3.63, 3.8) is 0 Å². The van der Waals surface area contributed by atoms with Gasteiger partial charge in [-0.1, -0.05) is 11.9 Å². The quantitative estimate of drug-likeness (QED) is 0.299. The minimum atomic E-state index is -5.17. The Bertz CT molecular complexity index is 676. The van der Waals surface area contributed by atoms with E-state index in [1.165, 1.54) is 0 Å². The molecule has 0 radical (unpaired) electrons. The Morgan fingerprint density at radius 3 is 1.09 bits per heavy atom. The van der Waals surface area contributed by atoms with Crippen molar-refractivity contribution < 1.29 is 50.2 Å². The first-order valence-electron chi connectivity index (χ1n) is 3.76. The van der Waals surface area contributed by atoms with Gasteiger partial charge in [0.15, 0.2) is 0 Å². The zero-order valence-corrected chi connectivity index (χ0v) is 16.3. The Labute approximate surface area is 143 Å². The second kappa shape index (κ2) is 12.6. The van der Waals surface area contributed by atoms with E-state index in [0.29, 0.717) is 6.26 Å². The van der Waals surface area contributed by atoms with Crippen LogP contribution in [0.2, 0.25) is 0 Å². The summed E-state index contributed by atoms with van der Waals surface area (Å²) >= 11 is 0. The molecular formula is C2H10Cl2F2N2O10S5. The summed E-state index contributed by atoms with van der Waals surface area (Å²) in [5.41, 5.74) is 0. The molecule has 0 atom stereocenters. The van der Waals surface area contributed by atoms with Crippen molar-refractivity contribution in [1.82, 2.24) is 4.13 Å². The lowest BCUT2D eigenvalue weighted by atomic mass is 12.0. The number of rotatable bonds is 2. The van der Waals surface area contributed by atoms with E-state index in [9.17, 15) is 33.0 Å². The Balaban J connectivity index is -0.000000112. The highest BCUT2D eigenvalue weighted by Gasteiger charge is 2.12. The van der Waals surface area contributed by atoms with Crippen LogP contribution < -0.4 is 9.27 Å². The summed E-state index contributed by atoms with van der Waals surface area (Å²) < 4.78 is 113. The number of nitrogens with one attached hydrogen (secondary N) is 1. The molecule has 21 heteroatoms. The van der Waals surface area contributed by atoms with E-state index in [2.05, 4.69) is 26.5 Å². The molecule has 0 aliphatic carbocycles. The standard InChI is InChI=1S/CH4FNO4S2.CH5NO2S.Cl2OS.FHO3S/c1-8(4,5)3-9(2,6)7;1-5(2,3)4;1-4(2)3;1-5(2,3)4/h3H,1H3;1H3,(H2,2,3,4);;(H,2,3,4). The molecule has 0 rings (SSSR count). The third kappa shape index (κ3) is 233. The summed E-state index contributed by atoms with van der Waals surface area (Å²) in [5, 5.41) is 4.33. The Kier molecular flexibility index (Phi) is 17.0. The van der Waals surface area contributed by atoms with Crippen LogP contribution in [0.25, 0.3) is 0 Å². The van der Waals surface area contributed by atoms with E-state index in [0.717, 1.165) is 10.4 Å². The van der Waals surface area contributed by atoms with Crippen LogP contribution in [0.4, 0.5) is 7.77 Å². The number of hydrogen-bond donors (Lipinski definition) is 3. The molecule has 0 amide bonds. The molecule has 0 aromatic carbocycles. The molecule has 0 bridgehead atoms. The fraction of sp³-hybridized carbons (Fsp3) is 1.00. The predicted octanol–water partition coefficient (Wildman–Crippen LogP) is -1.54. The van der Waals surface area contributed by atoms with Gasteiger partial charge in [-0.15, -0.1) is 0 Å². The highest BCUT2D eigenvalue weighted by Crippen LogP contribution is 1.89. The molecule has 0 spiro atoms. The van der Waals surface area contributed by atoms with Crippen LogP contribution >= 0.6 is 21.4 Å². The van der Waals surface area contributed by atoms with Gasteiger partial charge in [-0.25, -0.2) is 26.2 Å². The topological polar surface area (TPSA) is 212 Å². The summed E-state index contributed by atoms with van der Waals surface area (Å²) in [6.45, 7) is 0. The number of primary sulfonamides is 1. The lowest BCUT2D eigenvalue weighted by molar-refractivity contribution is 0.435. The molecule has 0 unspecified atom stereocenters. The molecule has 0 heterocycles. The number of sulfonamides is 2. The van der Waals surface area contributed by atoms with Crippen molar-refractivity contribution >= 4 is 71.6 Å². The minimum Gasteiger partial charge on any atom is -0.260 e. The smallest absolute Gasteiger partial charge is 0.260 e. The maximum Gasteiger partial charge on any atom is 0.435 e. The molecule has 0 saturated heterocycles. The van der Waals surface area contributed by atoms with E-state index in [-0.39, 0.29) is 0 Å². The van der Waals surface area contributed by atoms with Crippen LogP contribution in [0.5, 0.6) is 0 Å². The fourth-order valence-corrected chi connectivity index (χ4v) is 1.63. The first-order valence-corrected chi connectivity index (χ1v) is 13.1. The SMILES string of the molecule is CS(=O)(=O)NS(=O)(=O)F.CS(N)(=O)=O.O=S(=O)(O)F.O=S(Cl)Cl. The molecule has 0 aromatic heterocycles. The van der Waals surface area contributed by atoms with Crippen LogP contribution in [-0.4, -0.2) is 54.9 Å². The van der Waals surface area contributed by atoms with Crippen LogP contribution in [0, 0.1) is 0 Å². The second-order valence-electron chi connectivity index (χ2n) is 2.72. The van der Waals surface area contributed by atoms with E-state index in [1.807, 2.05) is 0 Å². The van der Waals surface area contributed by atoms with Crippen molar-refractivity contribution in [3.8, 4) is 0 Å². The van der Waals surface area contributed by atoms with Crippen molar-refractivity contribution in [2.75, 3.05) is 12.5 Å². The molecular weight excluding hydrogens is 481 g/mol. The summed E-state index contributed by atoms with van der Waals surface area (Å²) in [7, 11) is -10.1. The van der Waals surface area contributed by atoms with Crippen LogP contribution in [-0.2, 0) is 50.2 Å². The molecule has 146 valence electrons. The number of hydrogen-bond acceptors (Lipinski definition) is 9. The zero-order chi connectivity index (χ0) is 20.3. The molecule has 4 N–H and O–H groups in total. The summed E-state index contributed by atoms with van der Waals surface area (Å²) in [6, 6.07) is 0. The van der Waals surface area contributed by atoms with Gasteiger partial charge in [-0.3, -0.25) is 4.55 Å². The van der Waals surface area contributed by atoms with Gasteiger partial charge in [0.05, 0.1) is 12.5 Å². The minimum absolute atomic E-state index is 0.532. The Morgan fingerprint density at radius 2 is 1.09 bits per heavy atom. The fourth-order valence-electron chi connectivity index (χ4n) is 0.181. The molecule has 0 aliphatic heterocycles.